The van der Waals surface area contributed by atoms with Gasteiger partial charge < -0.3 is 10.0 Å². The molecule has 1 N–H and O–H groups in total. The van der Waals surface area contributed by atoms with Gasteiger partial charge in [0.15, 0.2) is 0 Å². The van der Waals surface area contributed by atoms with E-state index in [2.05, 4.69) is 0 Å². The molecule has 3 aromatic rings. The number of halogens is 2. The highest BCUT2D eigenvalue weighted by Gasteiger charge is 2.29. The number of carbonyl (C=O) groups excluding carboxylic acids is 1. The predicted molar refractivity (Wildman–Crippen MR) is 129 cm³/mol. The fourth-order valence-electron chi connectivity index (χ4n) is 4.42. The summed E-state index contributed by atoms with van der Waals surface area (Å²) in [6, 6.07) is 13.0. The molecule has 1 aromatic heterocycles. The number of imidazole rings is 1. The predicted octanol–water partition coefficient (Wildman–Crippen LogP) is 6.05. The Morgan fingerprint density at radius 2 is 1.81 bits per heavy atom. The minimum atomic E-state index is -0.0773. The van der Waals surface area contributed by atoms with Gasteiger partial charge >= 0.3 is 0 Å². The van der Waals surface area contributed by atoms with Crippen molar-refractivity contribution in [3.63, 3.8) is 0 Å². The summed E-state index contributed by atoms with van der Waals surface area (Å²) in [5, 5.41) is 10.4. The first-order valence-corrected chi connectivity index (χ1v) is 11.7. The molecule has 7 heteroatoms. The van der Waals surface area contributed by atoms with Crippen molar-refractivity contribution in [2.24, 2.45) is 0 Å². The van der Waals surface area contributed by atoms with Crippen LogP contribution in [0.2, 0.25) is 10.0 Å². The van der Waals surface area contributed by atoms with Gasteiger partial charge in [-0.05, 0) is 55.7 Å². The number of nitrogens with zero attached hydrogens (tertiary/aromatic N) is 3. The molecule has 1 aliphatic rings. The van der Waals surface area contributed by atoms with Crippen LogP contribution >= 0.6 is 23.2 Å². The summed E-state index contributed by atoms with van der Waals surface area (Å²) in [4.78, 5) is 20.1. The third kappa shape index (κ3) is 4.42. The molecular weight excluding hydrogens is 445 g/mol. The lowest BCUT2D eigenvalue weighted by atomic mass is 9.94. The monoisotopic (exact) mass is 471 g/mol. The Hall–Kier alpha value is -2.34. The smallest absolute Gasteiger partial charge is 0.274 e. The Morgan fingerprint density at radius 3 is 2.44 bits per heavy atom. The van der Waals surface area contributed by atoms with Gasteiger partial charge in [-0.3, -0.25) is 9.36 Å². The van der Waals surface area contributed by atoms with Gasteiger partial charge in [0, 0.05) is 29.4 Å². The standard InChI is InChI=1S/C25H27Cl2N3O2/c1-16-23(25(32)29(2)19-6-4-3-5-7-19)28-24(21-13-10-18(26)14-22(21)27)30(16)20-11-8-17(15-31)9-12-20/h8-14,19,31H,3-7,15H2,1-2H3. The molecule has 5 nitrogen and oxygen atoms in total. The molecular formula is C25H27Cl2N3O2. The van der Waals surface area contributed by atoms with Crippen molar-refractivity contribution in [1.82, 2.24) is 14.5 Å². The molecule has 1 saturated carbocycles. The zero-order valence-electron chi connectivity index (χ0n) is 18.3. The number of amides is 1. The number of rotatable bonds is 5. The number of carbonyl (C=O) groups is 1. The second kappa shape index (κ2) is 9.65. The van der Waals surface area contributed by atoms with E-state index < -0.39 is 0 Å². The van der Waals surface area contributed by atoms with E-state index >= 15 is 0 Å². The van der Waals surface area contributed by atoms with E-state index in [0.717, 1.165) is 42.6 Å². The van der Waals surface area contributed by atoms with E-state index in [1.165, 1.54) is 6.42 Å². The molecule has 0 spiro atoms. The molecule has 0 aliphatic heterocycles. The first kappa shape index (κ1) is 22.8. The molecule has 1 fully saturated rings. The Bertz CT molecular complexity index is 1120. The minimum Gasteiger partial charge on any atom is -0.392 e. The van der Waals surface area contributed by atoms with Crippen molar-refractivity contribution >= 4 is 29.1 Å². The highest BCUT2D eigenvalue weighted by Crippen LogP contribution is 2.34. The largest absolute Gasteiger partial charge is 0.392 e. The van der Waals surface area contributed by atoms with Crippen molar-refractivity contribution < 1.29 is 9.90 Å². The van der Waals surface area contributed by atoms with Crippen molar-refractivity contribution in [3.05, 3.63) is 69.5 Å². The Balaban J connectivity index is 1.83. The van der Waals surface area contributed by atoms with Crippen LogP contribution < -0.4 is 0 Å². The first-order valence-electron chi connectivity index (χ1n) is 10.9. The van der Waals surface area contributed by atoms with Crippen LogP contribution in [-0.4, -0.2) is 38.6 Å². The second-order valence-electron chi connectivity index (χ2n) is 8.36. The molecule has 0 atom stereocenters. The van der Waals surface area contributed by atoms with Crippen LogP contribution in [0, 0.1) is 6.92 Å². The van der Waals surface area contributed by atoms with E-state index in [0.29, 0.717) is 27.1 Å². The summed E-state index contributed by atoms with van der Waals surface area (Å²) >= 11 is 12.6. The summed E-state index contributed by atoms with van der Waals surface area (Å²) in [6.45, 7) is 1.87. The number of aromatic nitrogens is 2. The van der Waals surface area contributed by atoms with Crippen LogP contribution in [0.1, 0.15) is 53.8 Å². The van der Waals surface area contributed by atoms with Crippen molar-refractivity contribution in [1.29, 1.82) is 0 Å². The molecule has 0 radical (unpaired) electrons. The fraction of sp³-hybridized carbons (Fsp3) is 0.360. The molecule has 1 amide bonds. The third-order valence-corrected chi connectivity index (χ3v) is 6.85. The molecule has 32 heavy (non-hydrogen) atoms. The first-order chi connectivity index (χ1) is 15.4. The van der Waals surface area contributed by atoms with Crippen LogP contribution in [0.3, 0.4) is 0 Å². The fourth-order valence-corrected chi connectivity index (χ4v) is 4.92. The molecule has 1 aliphatic carbocycles. The molecule has 4 rings (SSSR count). The van der Waals surface area contributed by atoms with Crippen LogP contribution in [-0.2, 0) is 6.61 Å². The maximum atomic E-state index is 13.5. The van der Waals surface area contributed by atoms with E-state index in [1.807, 2.05) is 53.8 Å². The summed E-state index contributed by atoms with van der Waals surface area (Å²) in [7, 11) is 1.88. The number of hydrogen-bond acceptors (Lipinski definition) is 3. The summed E-state index contributed by atoms with van der Waals surface area (Å²) in [6.07, 6.45) is 5.59. The van der Waals surface area contributed by atoms with Gasteiger partial charge in [-0.2, -0.15) is 0 Å². The maximum absolute atomic E-state index is 13.5. The molecule has 0 saturated heterocycles. The Kier molecular flexibility index (Phi) is 6.89. The van der Waals surface area contributed by atoms with Gasteiger partial charge in [-0.15, -0.1) is 0 Å². The van der Waals surface area contributed by atoms with Gasteiger partial charge in [0.2, 0.25) is 0 Å². The van der Waals surface area contributed by atoms with Gasteiger partial charge in [0.1, 0.15) is 11.5 Å². The van der Waals surface area contributed by atoms with Crippen LogP contribution in [0.15, 0.2) is 42.5 Å². The number of aliphatic hydroxyl groups excluding tert-OH is 1. The van der Waals surface area contributed by atoms with Gasteiger partial charge in [-0.25, -0.2) is 4.98 Å². The molecule has 168 valence electrons. The Labute approximate surface area is 198 Å². The molecule has 0 bridgehead atoms. The number of aliphatic hydroxyl groups is 1. The zero-order valence-corrected chi connectivity index (χ0v) is 19.8. The van der Waals surface area contributed by atoms with Crippen molar-refractivity contribution in [2.75, 3.05) is 7.05 Å². The van der Waals surface area contributed by atoms with E-state index in [1.54, 1.807) is 12.1 Å². The van der Waals surface area contributed by atoms with Crippen molar-refractivity contribution in [2.45, 2.75) is 51.7 Å². The van der Waals surface area contributed by atoms with Gasteiger partial charge in [0.05, 0.1) is 17.3 Å². The normalized spacial score (nSPS) is 14.5. The van der Waals surface area contributed by atoms with E-state index in [9.17, 15) is 9.90 Å². The summed E-state index contributed by atoms with van der Waals surface area (Å²) < 4.78 is 1.94. The van der Waals surface area contributed by atoms with Gasteiger partial charge in [-0.1, -0.05) is 54.6 Å². The quantitative estimate of drug-likeness (QED) is 0.492. The average Bonchev–Trinajstić information content (AvgIpc) is 3.15. The highest BCUT2D eigenvalue weighted by atomic mass is 35.5. The minimum absolute atomic E-state index is 0.0328. The zero-order chi connectivity index (χ0) is 22.8. The lowest BCUT2D eigenvalue weighted by molar-refractivity contribution is 0.0690. The van der Waals surface area contributed by atoms with Crippen molar-refractivity contribution in [3.8, 4) is 17.1 Å². The van der Waals surface area contributed by atoms with Crippen LogP contribution in [0.25, 0.3) is 17.1 Å². The summed E-state index contributed by atoms with van der Waals surface area (Å²) in [5.74, 6) is 0.507. The molecule has 2 aromatic carbocycles. The third-order valence-electron chi connectivity index (χ3n) is 6.30. The second-order valence-corrected chi connectivity index (χ2v) is 9.21. The highest BCUT2D eigenvalue weighted by molar-refractivity contribution is 6.36. The van der Waals surface area contributed by atoms with E-state index in [4.69, 9.17) is 28.2 Å². The van der Waals surface area contributed by atoms with Crippen LogP contribution in [0.5, 0.6) is 0 Å². The number of hydrogen-bond donors (Lipinski definition) is 1. The Morgan fingerprint density at radius 1 is 1.12 bits per heavy atom. The van der Waals surface area contributed by atoms with Gasteiger partial charge in [0.25, 0.3) is 5.91 Å². The lowest BCUT2D eigenvalue weighted by Crippen LogP contribution is -2.38. The topological polar surface area (TPSA) is 58.4 Å². The average molecular weight is 472 g/mol. The van der Waals surface area contributed by atoms with Crippen LogP contribution in [0.4, 0.5) is 0 Å². The molecule has 1 heterocycles. The molecule has 0 unspecified atom stereocenters. The maximum Gasteiger partial charge on any atom is 0.274 e. The SMILES string of the molecule is Cc1c(C(=O)N(C)C2CCCCC2)nc(-c2ccc(Cl)cc2Cl)n1-c1ccc(CO)cc1. The number of benzene rings is 2. The lowest BCUT2D eigenvalue weighted by Gasteiger charge is -2.30. The summed E-state index contributed by atoms with van der Waals surface area (Å²) in [5.41, 5.74) is 3.52. The van der Waals surface area contributed by atoms with E-state index in [-0.39, 0.29) is 18.6 Å².